The van der Waals surface area contributed by atoms with E-state index in [0.29, 0.717) is 0 Å². The topological polar surface area (TPSA) is 43.8 Å². The minimum atomic E-state index is -0.0308. The van der Waals surface area contributed by atoms with Crippen molar-refractivity contribution < 1.29 is 0 Å². The summed E-state index contributed by atoms with van der Waals surface area (Å²) in [6, 6.07) is 61.7. The van der Waals surface area contributed by atoms with E-state index in [1.54, 1.807) is 0 Å². The van der Waals surface area contributed by atoms with Gasteiger partial charge in [0.2, 0.25) is 0 Å². The van der Waals surface area contributed by atoms with Crippen LogP contribution in [0.5, 0.6) is 0 Å². The van der Waals surface area contributed by atoms with Crippen LogP contribution in [0.2, 0.25) is 0 Å². The fourth-order valence-electron chi connectivity index (χ4n) is 13.6. The number of anilines is 2. The first-order chi connectivity index (χ1) is 33.6. The molecule has 4 aliphatic rings. The molecule has 9 heterocycles. The van der Waals surface area contributed by atoms with Crippen LogP contribution in [0.25, 0.3) is 110 Å². The first-order valence-corrected chi connectivity index (χ1v) is 23.7. The average molecular weight is 863 g/mol. The van der Waals surface area contributed by atoms with E-state index in [4.69, 9.17) is 9.97 Å². The van der Waals surface area contributed by atoms with Crippen molar-refractivity contribution in [2.24, 2.45) is 0 Å². The molecule has 0 saturated carbocycles. The number of para-hydroxylation sites is 4. The Morgan fingerprint density at radius 1 is 0.441 bits per heavy atom. The molecule has 0 saturated heterocycles. The second-order valence-corrected chi connectivity index (χ2v) is 19.4. The number of pyridine rings is 2. The third-order valence-electron chi connectivity index (χ3n) is 16.0. The third kappa shape index (κ3) is 4.12. The van der Waals surface area contributed by atoms with Crippen LogP contribution in [0.1, 0.15) is 11.1 Å². The zero-order valence-electron chi connectivity index (χ0n) is 37.2. The number of hydrogen-bond acceptors (Lipinski definition) is 3. The SMILES string of the molecule is Cc1cc(C)c2c(c1)c1nccc3c1n2-c1cncc2c1B3n1c3ccccc3c3cc(-c4ccc(N5B6c7c(cccc7-n7c8ccccc8c8cccc6c87)-c6ccccc65)cc4)cc-2c31. The standard InChI is InChI=1S/C60H36B2N6/c1-33-27-34(2)57-45(28-33)56-60-48(25-26-64-56)62-55-46(31-63-32-53(55)66(57)60)44-30-36(29-43-40-13-5-8-19-51(40)68(62)58(43)44)35-21-23-37(24-22-35)67-50-18-7-4-11-38(50)41-14-10-20-52-54(41)61(67)47-16-9-15-42-39-12-3-6-17-49(39)65(52)59(42)47/h3-32H,1-2H3. The number of aryl methyl sites for hydroxylation is 2. The van der Waals surface area contributed by atoms with Gasteiger partial charge in [0.15, 0.2) is 0 Å². The van der Waals surface area contributed by atoms with Crippen LogP contribution in [0.3, 0.4) is 0 Å². The molecule has 6 nitrogen and oxygen atoms in total. The van der Waals surface area contributed by atoms with Gasteiger partial charge in [-0.25, -0.2) is 0 Å². The van der Waals surface area contributed by atoms with Crippen molar-refractivity contribution >= 4 is 112 Å². The molecule has 0 spiro atoms. The Hall–Kier alpha value is -8.61. The van der Waals surface area contributed by atoms with Gasteiger partial charge in [0.25, 0.3) is 0 Å². The van der Waals surface area contributed by atoms with E-state index in [-0.39, 0.29) is 13.7 Å². The van der Waals surface area contributed by atoms with E-state index in [2.05, 4.69) is 208 Å². The van der Waals surface area contributed by atoms with E-state index in [9.17, 15) is 0 Å². The first kappa shape index (κ1) is 35.6. The minimum absolute atomic E-state index is 0.00789. The zero-order chi connectivity index (χ0) is 44.3. The Balaban J connectivity index is 0.878. The number of rotatable bonds is 2. The van der Waals surface area contributed by atoms with Gasteiger partial charge >= 0.3 is 13.7 Å². The van der Waals surface area contributed by atoms with Crippen molar-refractivity contribution in [1.29, 1.82) is 0 Å². The quantitative estimate of drug-likeness (QED) is 0.163. The molecule has 8 aromatic carbocycles. The molecular formula is C60H36B2N6. The monoisotopic (exact) mass is 862 g/mol. The molecule has 17 rings (SSSR count). The Morgan fingerprint density at radius 2 is 1.18 bits per heavy atom. The van der Waals surface area contributed by atoms with Crippen molar-refractivity contribution in [3.63, 3.8) is 0 Å². The highest BCUT2D eigenvalue weighted by molar-refractivity contribution is 6.93. The van der Waals surface area contributed by atoms with Crippen molar-refractivity contribution in [2.45, 2.75) is 13.8 Å². The van der Waals surface area contributed by atoms with Crippen LogP contribution in [-0.4, -0.2) is 37.3 Å². The second kappa shape index (κ2) is 12.2. The highest BCUT2D eigenvalue weighted by Gasteiger charge is 2.45. The van der Waals surface area contributed by atoms with E-state index >= 15 is 0 Å². The van der Waals surface area contributed by atoms with Gasteiger partial charge in [-0.3, -0.25) is 9.97 Å². The lowest BCUT2D eigenvalue weighted by molar-refractivity contribution is 1.13. The Labute approximate surface area is 391 Å². The summed E-state index contributed by atoms with van der Waals surface area (Å²) in [6.07, 6.45) is 6.22. The molecule has 0 N–H and O–H groups in total. The molecule has 13 aromatic rings. The lowest BCUT2D eigenvalue weighted by Gasteiger charge is -2.42. The highest BCUT2D eigenvalue weighted by atomic mass is 15.1. The largest absolute Gasteiger partial charge is 0.376 e. The predicted octanol–water partition coefficient (Wildman–Crippen LogP) is 11.2. The number of fused-ring (bicyclic) bond motifs is 17. The van der Waals surface area contributed by atoms with E-state index in [1.165, 1.54) is 143 Å². The van der Waals surface area contributed by atoms with Crippen LogP contribution in [0, 0.1) is 13.8 Å². The van der Waals surface area contributed by atoms with Crippen LogP contribution in [0.4, 0.5) is 11.4 Å². The minimum Gasteiger partial charge on any atom is -0.376 e. The summed E-state index contributed by atoms with van der Waals surface area (Å²) in [7, 11) is 0. The van der Waals surface area contributed by atoms with Gasteiger partial charge in [-0.2, -0.15) is 0 Å². The summed E-state index contributed by atoms with van der Waals surface area (Å²) < 4.78 is 7.61. The fraction of sp³-hybridized carbons (Fsp3) is 0.0333. The number of hydrogen-bond donors (Lipinski definition) is 0. The third-order valence-corrected chi connectivity index (χ3v) is 16.0. The molecule has 8 heteroatoms. The summed E-state index contributed by atoms with van der Waals surface area (Å²) in [5.74, 6) is 0. The van der Waals surface area contributed by atoms with Crippen LogP contribution in [0.15, 0.2) is 182 Å². The van der Waals surface area contributed by atoms with Crippen molar-refractivity contribution in [2.75, 3.05) is 4.81 Å². The van der Waals surface area contributed by atoms with E-state index in [1.807, 2.05) is 6.20 Å². The average Bonchev–Trinajstić information content (AvgIpc) is 4.03. The first-order valence-electron chi connectivity index (χ1n) is 23.7. The molecule has 0 fully saturated rings. The molecule has 312 valence electrons. The van der Waals surface area contributed by atoms with E-state index < -0.39 is 0 Å². The van der Waals surface area contributed by atoms with Crippen molar-refractivity contribution in [3.8, 4) is 44.8 Å². The molecule has 5 aromatic heterocycles. The Kier molecular flexibility index (Phi) is 6.41. The molecule has 4 aliphatic heterocycles. The molecular weight excluding hydrogens is 826 g/mol. The summed E-state index contributed by atoms with van der Waals surface area (Å²) >= 11 is 0. The number of aromatic nitrogens is 5. The van der Waals surface area contributed by atoms with E-state index in [0.717, 1.165) is 11.2 Å². The highest BCUT2D eigenvalue weighted by Crippen LogP contribution is 2.47. The summed E-state index contributed by atoms with van der Waals surface area (Å²) in [4.78, 5) is 12.7. The smallest absolute Gasteiger partial charge is 0.333 e. The van der Waals surface area contributed by atoms with Gasteiger partial charge in [0.05, 0.1) is 39.5 Å². The fourth-order valence-corrected chi connectivity index (χ4v) is 13.6. The molecule has 0 aliphatic carbocycles. The van der Waals surface area contributed by atoms with Gasteiger partial charge < -0.3 is 18.4 Å². The van der Waals surface area contributed by atoms with Crippen LogP contribution >= 0.6 is 0 Å². The van der Waals surface area contributed by atoms with Crippen LogP contribution < -0.4 is 26.7 Å². The summed E-state index contributed by atoms with van der Waals surface area (Å²) in [5.41, 5.74) is 28.4. The summed E-state index contributed by atoms with van der Waals surface area (Å²) in [5, 5.41) is 6.30. The van der Waals surface area contributed by atoms with Gasteiger partial charge in [-0.15, -0.1) is 0 Å². The second-order valence-electron chi connectivity index (χ2n) is 19.4. The molecule has 0 bridgehead atoms. The molecule has 68 heavy (non-hydrogen) atoms. The maximum absolute atomic E-state index is 5.07. The Morgan fingerprint density at radius 3 is 2.07 bits per heavy atom. The van der Waals surface area contributed by atoms with Gasteiger partial charge in [0.1, 0.15) is 0 Å². The maximum atomic E-state index is 5.07. The lowest BCUT2D eigenvalue weighted by atomic mass is 9.44. The van der Waals surface area contributed by atoms with Gasteiger partial charge in [0, 0.05) is 84.1 Å². The number of nitrogens with zero attached hydrogens (tertiary/aromatic N) is 6. The van der Waals surface area contributed by atoms with Crippen molar-refractivity contribution in [1.82, 2.24) is 23.6 Å². The normalized spacial score (nSPS) is 13.6. The van der Waals surface area contributed by atoms with Gasteiger partial charge in [-0.1, -0.05) is 109 Å². The summed E-state index contributed by atoms with van der Waals surface area (Å²) in [6.45, 7) is 4.38. The molecule has 0 unspecified atom stereocenters. The molecule has 0 amide bonds. The molecule has 0 radical (unpaired) electrons. The van der Waals surface area contributed by atoms with Crippen molar-refractivity contribution in [3.05, 3.63) is 194 Å². The molecule has 0 atom stereocenters. The predicted molar refractivity (Wildman–Crippen MR) is 284 cm³/mol. The number of benzene rings is 8. The van der Waals surface area contributed by atoms with Crippen LogP contribution in [-0.2, 0) is 0 Å². The lowest BCUT2D eigenvalue weighted by Crippen LogP contribution is -2.60. The zero-order valence-corrected chi connectivity index (χ0v) is 37.2. The maximum Gasteiger partial charge on any atom is 0.333 e. The Bertz CT molecular complexity index is 4500. The van der Waals surface area contributed by atoms with Gasteiger partial charge in [-0.05, 0) is 119 Å².